The van der Waals surface area contributed by atoms with Gasteiger partial charge in [0.05, 0.1) is 0 Å². The topological polar surface area (TPSA) is 54.5 Å². The van der Waals surface area contributed by atoms with Gasteiger partial charge in [-0.15, -0.1) is 0 Å². The van der Waals surface area contributed by atoms with Gasteiger partial charge in [0.2, 0.25) is 5.95 Å². The van der Waals surface area contributed by atoms with Gasteiger partial charge >= 0.3 is 0 Å². The second-order valence-electron chi connectivity index (χ2n) is 6.64. The number of aromatic nitrogens is 4. The Labute approximate surface area is 161 Å². The molecule has 0 aliphatic rings. The van der Waals surface area contributed by atoms with Gasteiger partial charge in [-0.3, -0.25) is 0 Å². The summed E-state index contributed by atoms with van der Waals surface area (Å²) in [4.78, 5) is 15.7. The van der Waals surface area contributed by atoms with E-state index >= 15 is 0 Å². The average Bonchev–Trinajstić information content (AvgIpc) is 3.05. The second kappa shape index (κ2) is 7.45. The Morgan fingerprint density at radius 1 is 1.04 bits per heavy atom. The van der Waals surface area contributed by atoms with Crippen molar-refractivity contribution in [3.63, 3.8) is 0 Å². The van der Waals surface area contributed by atoms with Crippen LogP contribution >= 0.6 is 11.6 Å². The minimum Gasteiger partial charge on any atom is -0.346 e. The molecule has 0 bridgehead atoms. The fourth-order valence-corrected chi connectivity index (χ4v) is 3.22. The number of aryl methyl sites for hydroxylation is 3. The lowest BCUT2D eigenvalue weighted by Crippen LogP contribution is -2.01. The highest BCUT2D eigenvalue weighted by Gasteiger charge is 2.11. The van der Waals surface area contributed by atoms with Gasteiger partial charge < -0.3 is 4.98 Å². The first-order valence-electron chi connectivity index (χ1n) is 8.76. The Morgan fingerprint density at radius 3 is 2.70 bits per heavy atom. The van der Waals surface area contributed by atoms with E-state index in [2.05, 4.69) is 26.0 Å². The van der Waals surface area contributed by atoms with Crippen molar-refractivity contribution in [1.82, 2.24) is 19.9 Å². The van der Waals surface area contributed by atoms with Gasteiger partial charge in [0.15, 0.2) is 0 Å². The summed E-state index contributed by atoms with van der Waals surface area (Å²) in [6, 6.07) is 9.45. The van der Waals surface area contributed by atoms with Gasteiger partial charge in [-0.25, -0.2) is 15.0 Å². The van der Waals surface area contributed by atoms with E-state index in [0.29, 0.717) is 23.6 Å². The molecule has 4 nitrogen and oxygen atoms in total. The third kappa shape index (κ3) is 3.98. The standard InChI is InChI=1S/C21H18ClFN4/c1-13-8-18-16(12-26-21(18)25-10-13)9-15-4-6-17(27-20(15)23)5-2-14-3-7-19(22)24-11-14/h3-4,6-8,10-12H,2,5,9H2,1H3,(H,25,26). The Bertz CT molecular complexity index is 1090. The van der Waals surface area contributed by atoms with E-state index in [1.165, 1.54) is 0 Å². The van der Waals surface area contributed by atoms with E-state index in [9.17, 15) is 4.39 Å². The molecule has 0 aliphatic carbocycles. The van der Waals surface area contributed by atoms with Crippen LogP contribution in [0.3, 0.4) is 0 Å². The van der Waals surface area contributed by atoms with Crippen LogP contribution in [0, 0.1) is 12.9 Å². The van der Waals surface area contributed by atoms with Crippen molar-refractivity contribution < 1.29 is 4.39 Å². The second-order valence-corrected chi connectivity index (χ2v) is 7.03. The minimum absolute atomic E-state index is 0.420. The van der Waals surface area contributed by atoms with Crippen molar-refractivity contribution in [1.29, 1.82) is 0 Å². The molecule has 0 aliphatic heterocycles. The van der Waals surface area contributed by atoms with Gasteiger partial charge in [-0.05, 0) is 54.7 Å². The Kier molecular flexibility index (Phi) is 4.86. The predicted octanol–water partition coefficient (Wildman–Crippen LogP) is 4.83. The van der Waals surface area contributed by atoms with Crippen molar-refractivity contribution in [3.05, 3.63) is 88.0 Å². The van der Waals surface area contributed by atoms with Crippen LogP contribution < -0.4 is 0 Å². The minimum atomic E-state index is -0.420. The number of H-pyrrole nitrogens is 1. The Morgan fingerprint density at radius 2 is 1.93 bits per heavy atom. The van der Waals surface area contributed by atoms with E-state index in [1.807, 2.05) is 37.5 Å². The lowest BCUT2D eigenvalue weighted by Gasteiger charge is -2.06. The molecule has 6 heteroatoms. The third-order valence-corrected chi connectivity index (χ3v) is 4.80. The van der Waals surface area contributed by atoms with Gasteiger partial charge in [-0.2, -0.15) is 4.39 Å². The Hall–Kier alpha value is -2.79. The summed E-state index contributed by atoms with van der Waals surface area (Å²) in [7, 11) is 0. The van der Waals surface area contributed by atoms with E-state index < -0.39 is 5.95 Å². The molecule has 136 valence electrons. The molecule has 0 amide bonds. The first kappa shape index (κ1) is 17.6. The number of halogens is 2. The molecule has 0 saturated carbocycles. The molecule has 0 atom stereocenters. The number of fused-ring (bicyclic) bond motifs is 1. The Balaban J connectivity index is 1.49. The summed E-state index contributed by atoms with van der Waals surface area (Å²) in [5.41, 5.74) is 5.26. The van der Waals surface area contributed by atoms with Crippen LogP contribution in [0.5, 0.6) is 0 Å². The van der Waals surface area contributed by atoms with Crippen LogP contribution in [0.25, 0.3) is 11.0 Å². The smallest absolute Gasteiger partial charge is 0.216 e. The van der Waals surface area contributed by atoms with Gasteiger partial charge in [-0.1, -0.05) is 23.7 Å². The van der Waals surface area contributed by atoms with Crippen LogP contribution in [-0.4, -0.2) is 19.9 Å². The molecule has 4 aromatic rings. The number of pyridine rings is 3. The normalized spacial score (nSPS) is 11.2. The molecule has 27 heavy (non-hydrogen) atoms. The van der Waals surface area contributed by atoms with Gasteiger partial charge in [0.25, 0.3) is 0 Å². The zero-order valence-electron chi connectivity index (χ0n) is 14.8. The average molecular weight is 381 g/mol. The molecule has 0 spiro atoms. The highest BCUT2D eigenvalue weighted by atomic mass is 35.5. The van der Waals surface area contributed by atoms with Crippen molar-refractivity contribution in [2.45, 2.75) is 26.2 Å². The number of nitrogens with one attached hydrogen (secondary N) is 1. The molecule has 0 fully saturated rings. The maximum Gasteiger partial charge on any atom is 0.216 e. The summed E-state index contributed by atoms with van der Waals surface area (Å²) in [6.07, 6.45) is 7.30. The predicted molar refractivity (Wildman–Crippen MR) is 104 cm³/mol. The van der Waals surface area contributed by atoms with Crippen molar-refractivity contribution >= 4 is 22.6 Å². The summed E-state index contributed by atoms with van der Waals surface area (Å²) in [5, 5.41) is 1.49. The molecule has 0 unspecified atom stereocenters. The van der Waals surface area contributed by atoms with Crippen molar-refractivity contribution in [2.75, 3.05) is 0 Å². The molecule has 1 N–H and O–H groups in total. The van der Waals surface area contributed by atoms with Crippen LogP contribution in [0.2, 0.25) is 5.15 Å². The maximum atomic E-state index is 14.5. The number of rotatable bonds is 5. The zero-order valence-corrected chi connectivity index (χ0v) is 15.6. The first-order valence-corrected chi connectivity index (χ1v) is 9.13. The van der Waals surface area contributed by atoms with Crippen LogP contribution in [0.4, 0.5) is 4.39 Å². The number of hydrogen-bond acceptors (Lipinski definition) is 3. The van der Waals surface area contributed by atoms with Gasteiger partial charge in [0.1, 0.15) is 10.8 Å². The van der Waals surface area contributed by atoms with Crippen LogP contribution in [0.15, 0.2) is 48.9 Å². The van der Waals surface area contributed by atoms with Crippen LogP contribution in [-0.2, 0) is 19.3 Å². The van der Waals surface area contributed by atoms with Gasteiger partial charge in [0, 0.05) is 41.7 Å². The molecule has 0 radical (unpaired) electrons. The first-order chi connectivity index (χ1) is 13.1. The maximum absolute atomic E-state index is 14.5. The molecule has 4 aromatic heterocycles. The summed E-state index contributed by atoms with van der Waals surface area (Å²) in [5.74, 6) is -0.420. The molecular weight excluding hydrogens is 363 g/mol. The highest BCUT2D eigenvalue weighted by Crippen LogP contribution is 2.22. The summed E-state index contributed by atoms with van der Waals surface area (Å²) in [6.45, 7) is 2.00. The fourth-order valence-electron chi connectivity index (χ4n) is 3.11. The molecule has 0 aromatic carbocycles. The summed E-state index contributed by atoms with van der Waals surface area (Å²) >= 11 is 5.79. The molecular formula is C21H18ClFN4. The quantitative estimate of drug-likeness (QED) is 0.504. The van der Waals surface area contributed by atoms with Crippen LogP contribution in [0.1, 0.15) is 27.9 Å². The molecule has 4 rings (SSSR count). The molecule has 0 saturated heterocycles. The number of nitrogens with zero attached hydrogens (tertiary/aromatic N) is 3. The van der Waals surface area contributed by atoms with E-state index in [-0.39, 0.29) is 0 Å². The summed E-state index contributed by atoms with van der Waals surface area (Å²) < 4.78 is 14.5. The third-order valence-electron chi connectivity index (χ3n) is 4.58. The van der Waals surface area contributed by atoms with Crippen molar-refractivity contribution in [2.24, 2.45) is 0 Å². The van der Waals surface area contributed by atoms with E-state index in [4.69, 9.17) is 11.6 Å². The lowest BCUT2D eigenvalue weighted by atomic mass is 10.0. The van der Waals surface area contributed by atoms with E-state index in [0.717, 1.165) is 39.8 Å². The zero-order chi connectivity index (χ0) is 18.8. The highest BCUT2D eigenvalue weighted by molar-refractivity contribution is 6.29. The molecule has 4 heterocycles. The monoisotopic (exact) mass is 380 g/mol. The SMILES string of the molecule is Cc1cnc2[nH]cc(Cc3ccc(CCc4ccc(Cl)nc4)nc3F)c2c1. The lowest BCUT2D eigenvalue weighted by molar-refractivity contribution is 0.563. The largest absolute Gasteiger partial charge is 0.346 e. The van der Waals surface area contributed by atoms with E-state index in [1.54, 1.807) is 12.3 Å². The number of aromatic amines is 1. The van der Waals surface area contributed by atoms with Crippen molar-refractivity contribution in [3.8, 4) is 0 Å². The fraction of sp³-hybridized carbons (Fsp3) is 0.190. The number of hydrogen-bond donors (Lipinski definition) is 1.